The van der Waals surface area contributed by atoms with Crippen molar-refractivity contribution in [2.75, 3.05) is 48.3 Å². The second kappa shape index (κ2) is 6.72. The lowest BCUT2D eigenvalue weighted by Crippen LogP contribution is -2.39. The van der Waals surface area contributed by atoms with Gasteiger partial charge in [0.25, 0.3) is 0 Å². The molecule has 0 aromatic heterocycles. The van der Waals surface area contributed by atoms with Gasteiger partial charge in [-0.2, -0.15) is 13.2 Å². The van der Waals surface area contributed by atoms with Gasteiger partial charge in [-0.3, -0.25) is 4.21 Å². The standard InChI is InChI=1S/C18H24F3N3OS/c1-13(23-7-9-26(2,25)10-8-23)16-4-3-15(22)11-17(16)24-6-5-14(12-24)18(19,20)21/h3-4,11,14H,1-2,5-10,12,22H2. The number of alkyl halides is 3. The zero-order valence-corrected chi connectivity index (χ0v) is 15.4. The molecule has 0 amide bonds. The second-order valence-corrected chi connectivity index (χ2v) is 9.81. The summed E-state index contributed by atoms with van der Waals surface area (Å²) in [5.74, 6) is 3.43. The molecule has 0 saturated carbocycles. The van der Waals surface area contributed by atoms with Crippen LogP contribution in [0.2, 0.25) is 0 Å². The molecular formula is C18H24F3N3OS. The Morgan fingerprint density at radius 3 is 2.46 bits per heavy atom. The van der Waals surface area contributed by atoms with E-state index in [1.165, 1.54) is 0 Å². The molecule has 8 heteroatoms. The maximum absolute atomic E-state index is 13.0. The van der Waals surface area contributed by atoms with Crippen molar-refractivity contribution in [1.29, 1.82) is 0 Å². The lowest BCUT2D eigenvalue weighted by Gasteiger charge is -2.34. The van der Waals surface area contributed by atoms with Crippen LogP contribution in [0, 0.1) is 5.92 Å². The van der Waals surface area contributed by atoms with Crippen LogP contribution in [-0.2, 0) is 9.52 Å². The lowest BCUT2D eigenvalue weighted by atomic mass is 10.1. The van der Waals surface area contributed by atoms with Crippen LogP contribution in [0.1, 0.15) is 12.0 Å². The van der Waals surface area contributed by atoms with Crippen molar-refractivity contribution >= 4 is 32.5 Å². The quantitative estimate of drug-likeness (QED) is 0.640. The Balaban J connectivity index is 1.84. The minimum Gasteiger partial charge on any atom is -0.399 e. The van der Waals surface area contributed by atoms with Crippen LogP contribution < -0.4 is 10.6 Å². The average molecular weight is 387 g/mol. The third kappa shape index (κ3) is 3.95. The Morgan fingerprint density at radius 1 is 1.23 bits per heavy atom. The monoisotopic (exact) mass is 387 g/mol. The molecule has 0 bridgehead atoms. The number of halogens is 3. The highest BCUT2D eigenvalue weighted by atomic mass is 32.2. The van der Waals surface area contributed by atoms with E-state index in [-0.39, 0.29) is 13.0 Å². The van der Waals surface area contributed by atoms with Gasteiger partial charge in [-0.1, -0.05) is 6.58 Å². The fraction of sp³-hybridized carbons (Fsp3) is 0.500. The average Bonchev–Trinajstić information content (AvgIpc) is 3.04. The molecule has 2 aliphatic heterocycles. The van der Waals surface area contributed by atoms with Crippen LogP contribution in [-0.4, -0.2) is 58.8 Å². The molecule has 0 aliphatic carbocycles. The minimum absolute atomic E-state index is 0.0695. The number of rotatable bonds is 3. The topological polar surface area (TPSA) is 49.6 Å². The van der Waals surface area contributed by atoms with E-state index >= 15 is 0 Å². The summed E-state index contributed by atoms with van der Waals surface area (Å²) in [6, 6.07) is 5.26. The fourth-order valence-corrected chi connectivity index (χ4v) is 4.82. The van der Waals surface area contributed by atoms with Crippen molar-refractivity contribution in [3.05, 3.63) is 30.3 Å². The Kier molecular flexibility index (Phi) is 4.90. The third-order valence-electron chi connectivity index (χ3n) is 5.17. The van der Waals surface area contributed by atoms with E-state index in [1.54, 1.807) is 17.0 Å². The molecule has 3 rings (SSSR count). The zero-order valence-electron chi connectivity index (χ0n) is 14.6. The van der Waals surface area contributed by atoms with Gasteiger partial charge in [-0.25, -0.2) is 0 Å². The first kappa shape index (κ1) is 18.9. The second-order valence-electron chi connectivity index (χ2n) is 7.06. The fourth-order valence-electron chi connectivity index (χ4n) is 3.51. The molecule has 0 radical (unpaired) electrons. The number of hydrogen-bond acceptors (Lipinski definition) is 4. The number of nitrogens with zero attached hydrogens (tertiary/aromatic N) is 2. The number of nitrogens with two attached hydrogens (primary N) is 1. The van der Waals surface area contributed by atoms with Crippen molar-refractivity contribution in [1.82, 2.24) is 4.90 Å². The molecule has 1 aromatic rings. The maximum Gasteiger partial charge on any atom is 0.393 e. The third-order valence-corrected chi connectivity index (χ3v) is 7.03. The first-order chi connectivity index (χ1) is 12.1. The van der Waals surface area contributed by atoms with E-state index in [2.05, 4.69) is 12.4 Å². The van der Waals surface area contributed by atoms with Crippen molar-refractivity contribution < 1.29 is 17.4 Å². The summed E-state index contributed by atoms with van der Waals surface area (Å²) in [6.07, 6.45) is -4.11. The zero-order chi connectivity index (χ0) is 19.1. The molecular weight excluding hydrogens is 363 g/mol. The summed E-state index contributed by atoms with van der Waals surface area (Å²) in [5, 5.41) is 0. The Hall–Kier alpha value is -1.83. The smallest absolute Gasteiger partial charge is 0.393 e. The molecule has 2 N–H and O–H groups in total. The molecule has 2 fully saturated rings. The van der Waals surface area contributed by atoms with Crippen LogP contribution in [0.15, 0.2) is 24.8 Å². The molecule has 2 heterocycles. The van der Waals surface area contributed by atoms with Crippen LogP contribution in [0.4, 0.5) is 24.5 Å². The Labute approximate surface area is 152 Å². The Bertz CT molecular complexity index is 790. The van der Waals surface area contributed by atoms with E-state index in [9.17, 15) is 17.4 Å². The SMILES string of the molecule is C=C(c1ccc(N)cc1N1CCC(C(F)(F)F)C1)N1CCS(=C)(=O)CC1. The molecule has 26 heavy (non-hydrogen) atoms. The van der Waals surface area contributed by atoms with Crippen LogP contribution in [0.5, 0.6) is 0 Å². The van der Waals surface area contributed by atoms with Gasteiger partial charge in [-0.05, 0) is 40.0 Å². The predicted molar refractivity (Wildman–Crippen MR) is 103 cm³/mol. The van der Waals surface area contributed by atoms with E-state index in [0.717, 1.165) is 11.3 Å². The summed E-state index contributed by atoms with van der Waals surface area (Å²) >= 11 is 0. The summed E-state index contributed by atoms with van der Waals surface area (Å²) in [4.78, 5) is 3.77. The number of anilines is 2. The summed E-state index contributed by atoms with van der Waals surface area (Å²) in [5.41, 5.74) is 8.58. The predicted octanol–water partition coefficient (Wildman–Crippen LogP) is 2.66. The van der Waals surface area contributed by atoms with E-state index in [0.29, 0.717) is 42.5 Å². The van der Waals surface area contributed by atoms with Gasteiger partial charge in [0.05, 0.1) is 5.92 Å². The first-order valence-corrected chi connectivity index (χ1v) is 10.6. The minimum atomic E-state index is -4.19. The van der Waals surface area contributed by atoms with Gasteiger partial charge in [0, 0.05) is 60.3 Å². The molecule has 1 aromatic carbocycles. The largest absolute Gasteiger partial charge is 0.399 e. The highest BCUT2D eigenvalue weighted by Crippen LogP contribution is 2.39. The van der Waals surface area contributed by atoms with Crippen LogP contribution >= 0.6 is 0 Å². The van der Waals surface area contributed by atoms with Crippen molar-refractivity contribution in [2.24, 2.45) is 5.92 Å². The highest BCUT2D eigenvalue weighted by molar-refractivity contribution is 8.00. The molecule has 2 saturated heterocycles. The van der Waals surface area contributed by atoms with Crippen LogP contribution in [0.25, 0.3) is 5.70 Å². The van der Waals surface area contributed by atoms with Crippen LogP contribution in [0.3, 0.4) is 0 Å². The van der Waals surface area contributed by atoms with Gasteiger partial charge >= 0.3 is 6.18 Å². The van der Waals surface area contributed by atoms with Crippen molar-refractivity contribution in [2.45, 2.75) is 12.6 Å². The number of nitrogen functional groups attached to an aromatic ring is 1. The molecule has 2 aliphatic rings. The Morgan fingerprint density at radius 2 is 1.88 bits per heavy atom. The number of hydrogen-bond donors (Lipinski definition) is 1. The molecule has 0 spiro atoms. The summed E-state index contributed by atoms with van der Waals surface area (Å²) < 4.78 is 51.2. The normalized spacial score (nSPS) is 23.3. The van der Waals surface area contributed by atoms with Crippen molar-refractivity contribution in [3.63, 3.8) is 0 Å². The lowest BCUT2D eigenvalue weighted by molar-refractivity contribution is -0.168. The molecule has 1 unspecified atom stereocenters. The highest BCUT2D eigenvalue weighted by Gasteiger charge is 2.44. The molecule has 144 valence electrons. The summed E-state index contributed by atoms with van der Waals surface area (Å²) in [6.45, 7) is 5.57. The summed E-state index contributed by atoms with van der Waals surface area (Å²) in [7, 11) is -2.03. The van der Waals surface area contributed by atoms with Gasteiger partial charge in [-0.15, -0.1) is 0 Å². The molecule has 1 atom stereocenters. The molecule has 4 nitrogen and oxygen atoms in total. The maximum atomic E-state index is 13.0. The van der Waals surface area contributed by atoms with E-state index in [1.807, 2.05) is 11.0 Å². The number of benzene rings is 1. The van der Waals surface area contributed by atoms with Gasteiger partial charge in [0.2, 0.25) is 0 Å². The van der Waals surface area contributed by atoms with Gasteiger partial charge < -0.3 is 15.5 Å². The van der Waals surface area contributed by atoms with Crippen molar-refractivity contribution in [3.8, 4) is 0 Å². The van der Waals surface area contributed by atoms with Gasteiger partial charge in [0.15, 0.2) is 0 Å². The first-order valence-electron chi connectivity index (χ1n) is 8.55. The van der Waals surface area contributed by atoms with Gasteiger partial charge in [0.1, 0.15) is 0 Å². The van der Waals surface area contributed by atoms with E-state index in [4.69, 9.17) is 5.73 Å². The van der Waals surface area contributed by atoms with E-state index < -0.39 is 21.6 Å².